The number of rotatable bonds is 3. The molecule has 0 radical (unpaired) electrons. The highest BCUT2D eigenvalue weighted by atomic mass is 32.2. The number of hydrogen-bond acceptors (Lipinski definition) is 4. The van der Waals surface area contributed by atoms with E-state index < -0.39 is 5.54 Å². The zero-order valence-corrected chi connectivity index (χ0v) is 14.0. The number of nitrogens with one attached hydrogen (secondary N) is 1. The number of ether oxygens (including phenoxy) is 1. The molecule has 1 N–H and O–H groups in total. The van der Waals surface area contributed by atoms with Gasteiger partial charge in [0.25, 0.3) is 0 Å². The van der Waals surface area contributed by atoms with Crippen molar-refractivity contribution in [2.24, 2.45) is 5.41 Å². The maximum atomic E-state index is 12.4. The average molecular weight is 299 g/mol. The summed E-state index contributed by atoms with van der Waals surface area (Å²) in [5.74, 6) is 1.90. The predicted octanol–water partition coefficient (Wildman–Crippen LogP) is 3.37. The van der Waals surface area contributed by atoms with Crippen LogP contribution in [0, 0.1) is 5.41 Å². The molecule has 1 saturated heterocycles. The zero-order chi connectivity index (χ0) is 14.6. The maximum absolute atomic E-state index is 12.4. The molecule has 0 aromatic carbocycles. The number of esters is 1. The Bertz CT molecular complexity index is 337. The number of methoxy groups -OCH3 is 1. The summed E-state index contributed by atoms with van der Waals surface area (Å²) in [4.78, 5) is 12.4. The first-order chi connectivity index (χ1) is 9.47. The van der Waals surface area contributed by atoms with Gasteiger partial charge < -0.3 is 4.74 Å². The molecule has 0 amide bonds. The molecule has 20 heavy (non-hydrogen) atoms. The van der Waals surface area contributed by atoms with Crippen molar-refractivity contribution in [1.29, 1.82) is 0 Å². The fourth-order valence-electron chi connectivity index (χ4n) is 3.71. The van der Waals surface area contributed by atoms with E-state index in [0.717, 1.165) is 17.9 Å². The second-order valence-corrected chi connectivity index (χ2v) is 8.23. The van der Waals surface area contributed by atoms with Gasteiger partial charge in [0.05, 0.1) is 7.11 Å². The molecule has 0 aromatic heterocycles. The Hall–Kier alpha value is -0.220. The van der Waals surface area contributed by atoms with Crippen LogP contribution in [0.15, 0.2) is 0 Å². The van der Waals surface area contributed by atoms with E-state index >= 15 is 0 Å². The molecule has 1 heterocycles. The molecule has 1 saturated carbocycles. The van der Waals surface area contributed by atoms with Crippen molar-refractivity contribution in [2.75, 3.05) is 18.6 Å². The standard InChI is InChI=1S/C16H29NO2S/c1-15(2)10-16(12-20-11-15,14(18)19-3)17-13-8-6-4-5-7-9-13/h13,17H,4-12H2,1-3H3. The molecule has 3 nitrogen and oxygen atoms in total. The highest BCUT2D eigenvalue weighted by Gasteiger charge is 2.47. The second kappa shape index (κ2) is 6.69. The van der Waals surface area contributed by atoms with Gasteiger partial charge in [0.2, 0.25) is 0 Å². The van der Waals surface area contributed by atoms with Crippen LogP contribution in [-0.2, 0) is 9.53 Å². The third kappa shape index (κ3) is 3.91. The summed E-state index contributed by atoms with van der Waals surface area (Å²) in [5.41, 5.74) is -0.287. The van der Waals surface area contributed by atoms with E-state index in [1.165, 1.54) is 45.6 Å². The van der Waals surface area contributed by atoms with Crippen LogP contribution in [0.4, 0.5) is 0 Å². The van der Waals surface area contributed by atoms with E-state index in [1.54, 1.807) is 0 Å². The fourth-order valence-corrected chi connectivity index (χ4v) is 5.12. The lowest BCUT2D eigenvalue weighted by Gasteiger charge is -2.44. The van der Waals surface area contributed by atoms with Crippen molar-refractivity contribution >= 4 is 17.7 Å². The van der Waals surface area contributed by atoms with E-state index in [4.69, 9.17) is 4.74 Å². The molecule has 0 spiro atoms. The second-order valence-electron chi connectivity index (χ2n) is 7.24. The number of hydrogen-bond donors (Lipinski definition) is 1. The van der Waals surface area contributed by atoms with Gasteiger partial charge >= 0.3 is 5.97 Å². The maximum Gasteiger partial charge on any atom is 0.326 e. The third-order valence-corrected chi connectivity index (χ3v) is 6.22. The first-order valence-electron chi connectivity index (χ1n) is 7.91. The smallest absolute Gasteiger partial charge is 0.326 e. The molecule has 1 aliphatic heterocycles. The minimum absolute atomic E-state index is 0.0676. The lowest BCUT2D eigenvalue weighted by Crippen LogP contribution is -2.62. The molecule has 116 valence electrons. The van der Waals surface area contributed by atoms with Gasteiger partial charge in [-0.15, -0.1) is 0 Å². The molecule has 0 bridgehead atoms. The highest BCUT2D eigenvalue weighted by Crippen LogP contribution is 2.40. The predicted molar refractivity (Wildman–Crippen MR) is 85.1 cm³/mol. The van der Waals surface area contributed by atoms with Crippen molar-refractivity contribution in [1.82, 2.24) is 5.32 Å². The Morgan fingerprint density at radius 1 is 1.15 bits per heavy atom. The molecule has 0 aromatic rings. The van der Waals surface area contributed by atoms with Crippen molar-refractivity contribution in [3.63, 3.8) is 0 Å². The van der Waals surface area contributed by atoms with Gasteiger partial charge in [-0.1, -0.05) is 39.5 Å². The Morgan fingerprint density at radius 3 is 2.35 bits per heavy atom. The van der Waals surface area contributed by atoms with E-state index in [1.807, 2.05) is 11.8 Å². The van der Waals surface area contributed by atoms with Crippen LogP contribution < -0.4 is 5.32 Å². The summed E-state index contributed by atoms with van der Waals surface area (Å²) >= 11 is 1.88. The zero-order valence-electron chi connectivity index (χ0n) is 13.2. The summed E-state index contributed by atoms with van der Waals surface area (Å²) in [6, 6.07) is 0.478. The summed E-state index contributed by atoms with van der Waals surface area (Å²) in [6.45, 7) is 4.51. The van der Waals surface area contributed by atoms with Crippen molar-refractivity contribution < 1.29 is 9.53 Å². The SMILES string of the molecule is COC(=O)C1(NC2CCCCCC2)CSCC(C)(C)C1. The average Bonchev–Trinajstić information content (AvgIpc) is 2.65. The molecular formula is C16H29NO2S. The van der Waals surface area contributed by atoms with Crippen molar-refractivity contribution in [3.05, 3.63) is 0 Å². The Morgan fingerprint density at radius 2 is 1.80 bits per heavy atom. The Labute approximate surface area is 127 Å². The third-order valence-electron chi connectivity index (χ3n) is 4.53. The summed E-state index contributed by atoms with van der Waals surface area (Å²) in [5, 5.41) is 3.72. The molecule has 4 heteroatoms. The molecular weight excluding hydrogens is 270 g/mol. The van der Waals surface area contributed by atoms with E-state index in [9.17, 15) is 4.79 Å². The first kappa shape index (κ1) is 16.2. The van der Waals surface area contributed by atoms with E-state index in [2.05, 4.69) is 19.2 Å². The molecule has 1 unspecified atom stereocenters. The number of thioether (sulfide) groups is 1. The normalized spacial score (nSPS) is 31.6. The van der Waals surface area contributed by atoms with E-state index in [-0.39, 0.29) is 11.4 Å². The van der Waals surface area contributed by atoms with Crippen LogP contribution in [0.1, 0.15) is 58.8 Å². The molecule has 2 rings (SSSR count). The van der Waals surface area contributed by atoms with Gasteiger partial charge in [-0.25, -0.2) is 0 Å². The fraction of sp³-hybridized carbons (Fsp3) is 0.938. The summed E-state index contributed by atoms with van der Waals surface area (Å²) < 4.78 is 5.14. The van der Waals surface area contributed by atoms with Gasteiger partial charge in [-0.05, 0) is 30.4 Å². The van der Waals surface area contributed by atoms with Crippen LogP contribution >= 0.6 is 11.8 Å². The van der Waals surface area contributed by atoms with Crippen LogP contribution in [-0.4, -0.2) is 36.2 Å². The Kier molecular flexibility index (Phi) is 5.41. The first-order valence-corrected chi connectivity index (χ1v) is 9.07. The molecule has 2 fully saturated rings. The van der Waals surface area contributed by atoms with Crippen molar-refractivity contribution in [3.8, 4) is 0 Å². The van der Waals surface area contributed by atoms with E-state index in [0.29, 0.717) is 6.04 Å². The molecule has 1 aliphatic carbocycles. The quantitative estimate of drug-likeness (QED) is 0.640. The van der Waals surface area contributed by atoms with Crippen LogP contribution in [0.2, 0.25) is 0 Å². The van der Waals surface area contributed by atoms with Gasteiger partial charge in [-0.3, -0.25) is 10.1 Å². The monoisotopic (exact) mass is 299 g/mol. The highest BCUT2D eigenvalue weighted by molar-refractivity contribution is 7.99. The van der Waals surface area contributed by atoms with Gasteiger partial charge in [-0.2, -0.15) is 11.8 Å². The van der Waals surface area contributed by atoms with Crippen LogP contribution in [0.25, 0.3) is 0 Å². The molecule has 2 aliphatic rings. The van der Waals surface area contributed by atoms with Crippen LogP contribution in [0.5, 0.6) is 0 Å². The Balaban J connectivity index is 2.12. The van der Waals surface area contributed by atoms with Gasteiger partial charge in [0.1, 0.15) is 5.54 Å². The molecule has 1 atom stereocenters. The lowest BCUT2D eigenvalue weighted by atomic mass is 9.79. The number of carbonyl (C=O) groups excluding carboxylic acids is 1. The van der Waals surface area contributed by atoms with Gasteiger partial charge in [0.15, 0.2) is 0 Å². The summed E-state index contributed by atoms with van der Waals surface area (Å²) in [6.07, 6.45) is 8.52. The lowest BCUT2D eigenvalue weighted by molar-refractivity contribution is -0.149. The summed E-state index contributed by atoms with van der Waals surface area (Å²) in [7, 11) is 1.52. The van der Waals surface area contributed by atoms with Crippen LogP contribution in [0.3, 0.4) is 0 Å². The minimum Gasteiger partial charge on any atom is -0.468 e. The van der Waals surface area contributed by atoms with Crippen molar-refractivity contribution in [2.45, 2.75) is 70.4 Å². The minimum atomic E-state index is -0.476. The number of carbonyl (C=O) groups is 1. The van der Waals surface area contributed by atoms with Gasteiger partial charge in [0, 0.05) is 11.8 Å². The largest absolute Gasteiger partial charge is 0.468 e. The topological polar surface area (TPSA) is 38.3 Å².